The molecule has 5 heteroatoms. The summed E-state index contributed by atoms with van der Waals surface area (Å²) in [6.45, 7) is 1.82. The first kappa shape index (κ1) is 16.2. The molecule has 4 rings (SSSR count). The van der Waals surface area contributed by atoms with E-state index in [-0.39, 0.29) is 5.91 Å². The van der Waals surface area contributed by atoms with Gasteiger partial charge in [0.05, 0.1) is 17.5 Å². The van der Waals surface area contributed by atoms with Gasteiger partial charge in [-0.05, 0) is 42.3 Å². The van der Waals surface area contributed by atoms with Crippen LogP contribution in [0.2, 0.25) is 0 Å². The fourth-order valence-electron chi connectivity index (χ4n) is 3.26. The van der Waals surface area contributed by atoms with Gasteiger partial charge in [-0.25, -0.2) is 0 Å². The van der Waals surface area contributed by atoms with Gasteiger partial charge in [0.1, 0.15) is 0 Å². The standard InChI is InChI=1S/C20H18BrN3O/c21-17-5-2-1-4-15(17)12-19(25)24-13-16(14-7-10-22-11-8-14)20-18(24)6-3-9-23-20/h1-7,9,13,22H,8,10-12H2. The molecule has 0 spiro atoms. The average Bonchev–Trinajstić information content (AvgIpc) is 3.04. The molecule has 0 saturated heterocycles. The molecule has 2 aromatic heterocycles. The number of carbonyl (C=O) groups is 1. The number of hydrogen-bond acceptors (Lipinski definition) is 3. The minimum atomic E-state index is 0.0469. The van der Waals surface area contributed by atoms with Gasteiger partial charge in [0.25, 0.3) is 0 Å². The predicted molar refractivity (Wildman–Crippen MR) is 104 cm³/mol. The fraction of sp³-hybridized carbons (Fsp3) is 0.200. The van der Waals surface area contributed by atoms with E-state index in [1.165, 1.54) is 5.57 Å². The third kappa shape index (κ3) is 3.17. The van der Waals surface area contributed by atoms with Crippen molar-refractivity contribution in [2.45, 2.75) is 12.8 Å². The number of fused-ring (bicyclic) bond motifs is 1. The number of nitrogens with zero attached hydrogens (tertiary/aromatic N) is 2. The fourth-order valence-corrected chi connectivity index (χ4v) is 3.68. The van der Waals surface area contributed by atoms with Crippen LogP contribution in [0.3, 0.4) is 0 Å². The second kappa shape index (κ2) is 6.94. The number of benzene rings is 1. The van der Waals surface area contributed by atoms with Crippen molar-refractivity contribution in [1.82, 2.24) is 14.9 Å². The lowest BCUT2D eigenvalue weighted by atomic mass is 10.0. The minimum Gasteiger partial charge on any atom is -0.313 e. The van der Waals surface area contributed by atoms with Crippen LogP contribution in [-0.4, -0.2) is 28.5 Å². The molecule has 0 unspecified atom stereocenters. The Balaban J connectivity index is 1.76. The molecule has 0 saturated carbocycles. The molecule has 126 valence electrons. The summed E-state index contributed by atoms with van der Waals surface area (Å²) in [6, 6.07) is 11.7. The Morgan fingerprint density at radius 3 is 2.92 bits per heavy atom. The lowest BCUT2D eigenvalue weighted by Crippen LogP contribution is -2.20. The highest BCUT2D eigenvalue weighted by Gasteiger charge is 2.18. The zero-order valence-corrected chi connectivity index (χ0v) is 15.3. The van der Waals surface area contributed by atoms with Gasteiger partial charge in [0.15, 0.2) is 0 Å². The van der Waals surface area contributed by atoms with E-state index in [4.69, 9.17) is 0 Å². The molecule has 0 aliphatic carbocycles. The van der Waals surface area contributed by atoms with Gasteiger partial charge in [-0.3, -0.25) is 14.3 Å². The monoisotopic (exact) mass is 395 g/mol. The minimum absolute atomic E-state index is 0.0469. The van der Waals surface area contributed by atoms with E-state index in [0.717, 1.165) is 46.1 Å². The first-order valence-electron chi connectivity index (χ1n) is 8.37. The second-order valence-corrected chi connectivity index (χ2v) is 6.98. The highest BCUT2D eigenvalue weighted by molar-refractivity contribution is 9.10. The molecule has 3 heterocycles. The average molecular weight is 396 g/mol. The van der Waals surface area contributed by atoms with E-state index in [9.17, 15) is 4.79 Å². The van der Waals surface area contributed by atoms with E-state index < -0.39 is 0 Å². The highest BCUT2D eigenvalue weighted by Crippen LogP contribution is 2.29. The van der Waals surface area contributed by atoms with Crippen molar-refractivity contribution in [1.29, 1.82) is 0 Å². The van der Waals surface area contributed by atoms with Crippen LogP contribution >= 0.6 is 15.9 Å². The normalized spacial score (nSPS) is 14.5. The van der Waals surface area contributed by atoms with E-state index in [1.54, 1.807) is 10.8 Å². The van der Waals surface area contributed by atoms with E-state index >= 15 is 0 Å². The molecular formula is C20H18BrN3O. The summed E-state index contributed by atoms with van der Waals surface area (Å²) >= 11 is 3.52. The van der Waals surface area contributed by atoms with Crippen molar-refractivity contribution in [3.63, 3.8) is 0 Å². The number of aromatic nitrogens is 2. The van der Waals surface area contributed by atoms with Gasteiger partial charge in [0.2, 0.25) is 5.91 Å². The molecule has 1 aliphatic heterocycles. The number of rotatable bonds is 3. The van der Waals surface area contributed by atoms with Crippen molar-refractivity contribution >= 4 is 38.4 Å². The van der Waals surface area contributed by atoms with Gasteiger partial charge < -0.3 is 5.32 Å². The van der Waals surface area contributed by atoms with E-state index in [0.29, 0.717) is 6.42 Å². The number of hydrogen-bond donors (Lipinski definition) is 1. The largest absolute Gasteiger partial charge is 0.313 e. The number of pyridine rings is 1. The Kier molecular flexibility index (Phi) is 4.51. The number of halogens is 1. The van der Waals surface area contributed by atoms with Crippen molar-refractivity contribution < 1.29 is 4.79 Å². The van der Waals surface area contributed by atoms with Crippen molar-refractivity contribution in [3.05, 3.63) is 70.5 Å². The molecule has 0 fully saturated rings. The van der Waals surface area contributed by atoms with Crippen LogP contribution in [0.15, 0.2) is 59.3 Å². The maximum absolute atomic E-state index is 13.0. The molecule has 0 bridgehead atoms. The van der Waals surface area contributed by atoms with Gasteiger partial charge in [0, 0.05) is 29.0 Å². The topological polar surface area (TPSA) is 46.9 Å². The third-order valence-electron chi connectivity index (χ3n) is 4.54. The molecule has 0 amide bonds. The quantitative estimate of drug-likeness (QED) is 0.727. The molecule has 3 aromatic rings. The Morgan fingerprint density at radius 1 is 1.24 bits per heavy atom. The van der Waals surface area contributed by atoms with Gasteiger partial charge in [-0.15, -0.1) is 0 Å². The summed E-state index contributed by atoms with van der Waals surface area (Å²) < 4.78 is 2.71. The first-order chi connectivity index (χ1) is 12.2. The van der Waals surface area contributed by atoms with Crippen LogP contribution in [0.5, 0.6) is 0 Å². The smallest absolute Gasteiger partial charge is 0.235 e. The number of carbonyl (C=O) groups excluding carboxylic acids is 1. The molecular weight excluding hydrogens is 378 g/mol. The summed E-state index contributed by atoms with van der Waals surface area (Å²) in [4.78, 5) is 17.5. The van der Waals surface area contributed by atoms with Crippen molar-refractivity contribution in [2.75, 3.05) is 13.1 Å². The van der Waals surface area contributed by atoms with Crippen LogP contribution < -0.4 is 5.32 Å². The summed E-state index contributed by atoms with van der Waals surface area (Å²) in [5.41, 5.74) is 5.08. The molecule has 4 nitrogen and oxygen atoms in total. The van der Waals surface area contributed by atoms with Crippen molar-refractivity contribution in [2.24, 2.45) is 0 Å². The van der Waals surface area contributed by atoms with Gasteiger partial charge >= 0.3 is 0 Å². The molecule has 1 aliphatic rings. The highest BCUT2D eigenvalue weighted by atomic mass is 79.9. The molecule has 0 atom stereocenters. The summed E-state index contributed by atoms with van der Waals surface area (Å²) in [7, 11) is 0. The van der Waals surface area contributed by atoms with Gasteiger partial charge in [-0.1, -0.05) is 40.2 Å². The van der Waals surface area contributed by atoms with Crippen LogP contribution in [-0.2, 0) is 6.42 Å². The lowest BCUT2D eigenvalue weighted by Gasteiger charge is -2.12. The summed E-state index contributed by atoms with van der Waals surface area (Å²) in [5.74, 6) is 0.0469. The van der Waals surface area contributed by atoms with Crippen LogP contribution in [0.25, 0.3) is 16.6 Å². The molecule has 1 N–H and O–H groups in total. The Morgan fingerprint density at radius 2 is 2.12 bits per heavy atom. The Bertz CT molecular complexity index is 974. The van der Waals surface area contributed by atoms with Crippen LogP contribution in [0.4, 0.5) is 0 Å². The zero-order valence-electron chi connectivity index (χ0n) is 13.7. The summed E-state index contributed by atoms with van der Waals surface area (Å²) in [6.07, 6.45) is 7.23. The van der Waals surface area contributed by atoms with Gasteiger partial charge in [-0.2, -0.15) is 0 Å². The Labute approximate surface area is 154 Å². The van der Waals surface area contributed by atoms with Crippen molar-refractivity contribution in [3.8, 4) is 0 Å². The molecule has 25 heavy (non-hydrogen) atoms. The lowest BCUT2D eigenvalue weighted by molar-refractivity contribution is 0.0919. The SMILES string of the molecule is O=C(Cc1ccccc1Br)n1cc(C2=CCNCC2)c2ncccc21. The predicted octanol–water partition coefficient (Wildman–Crippen LogP) is 4.06. The second-order valence-electron chi connectivity index (χ2n) is 6.13. The Hall–Kier alpha value is -2.24. The van der Waals surface area contributed by atoms with Crippen LogP contribution in [0, 0.1) is 0 Å². The molecule has 0 radical (unpaired) electrons. The first-order valence-corrected chi connectivity index (χ1v) is 9.16. The van der Waals surface area contributed by atoms with E-state index in [2.05, 4.69) is 32.3 Å². The summed E-state index contributed by atoms with van der Waals surface area (Å²) in [5, 5.41) is 3.33. The molecule has 1 aromatic carbocycles. The van der Waals surface area contributed by atoms with Crippen LogP contribution in [0.1, 0.15) is 22.3 Å². The van der Waals surface area contributed by atoms with E-state index in [1.807, 2.05) is 42.6 Å². The maximum atomic E-state index is 13.0. The maximum Gasteiger partial charge on any atom is 0.235 e. The number of nitrogens with one attached hydrogen (secondary N) is 1. The third-order valence-corrected chi connectivity index (χ3v) is 5.31. The zero-order chi connectivity index (χ0) is 17.2.